The maximum Gasteiger partial charge on any atom is 0.0625 e. The van der Waals surface area contributed by atoms with Crippen LogP contribution in [0.5, 0.6) is 0 Å². The Morgan fingerprint density at radius 2 is 2.05 bits per heavy atom. The van der Waals surface area contributed by atoms with E-state index in [1.165, 1.54) is 43.5 Å². The lowest BCUT2D eigenvalue weighted by Crippen LogP contribution is -2.52. The average Bonchev–Trinajstić information content (AvgIpc) is 3.06. The Labute approximate surface area is 123 Å². The predicted molar refractivity (Wildman–Crippen MR) is 83.5 cm³/mol. The average molecular weight is 278 g/mol. The van der Waals surface area contributed by atoms with E-state index in [2.05, 4.69) is 37.0 Å². The normalized spacial score (nSPS) is 18.1. The molecule has 1 heterocycles. The molecule has 0 radical (unpaired) electrons. The van der Waals surface area contributed by atoms with E-state index >= 15 is 0 Å². The zero-order valence-electron chi connectivity index (χ0n) is 13.4. The molecule has 20 heavy (non-hydrogen) atoms. The third-order valence-corrected chi connectivity index (χ3v) is 4.82. The summed E-state index contributed by atoms with van der Waals surface area (Å²) in [5.74, 6) is 0. The standard InChI is InChI=1S/C16H30N4/c1-4-10-20(16(13-17)8-6-7-9-16)12-15-11-14(5-2)18-19(15)3/h11H,4-10,12-13,17H2,1-3H3. The van der Waals surface area contributed by atoms with Gasteiger partial charge >= 0.3 is 0 Å². The van der Waals surface area contributed by atoms with Crippen LogP contribution in [0.25, 0.3) is 0 Å². The van der Waals surface area contributed by atoms with Crippen molar-refractivity contribution in [2.24, 2.45) is 12.8 Å². The fourth-order valence-electron chi connectivity index (χ4n) is 3.52. The van der Waals surface area contributed by atoms with E-state index in [1.54, 1.807) is 0 Å². The molecule has 1 aromatic heterocycles. The molecule has 0 saturated heterocycles. The van der Waals surface area contributed by atoms with Crippen LogP contribution in [0.2, 0.25) is 0 Å². The molecule has 0 unspecified atom stereocenters. The Hall–Kier alpha value is -0.870. The minimum Gasteiger partial charge on any atom is -0.329 e. The SMILES string of the molecule is CCCN(Cc1cc(CC)nn1C)C1(CN)CCCC1. The van der Waals surface area contributed by atoms with Crippen LogP contribution in [-0.2, 0) is 20.0 Å². The van der Waals surface area contributed by atoms with E-state index in [4.69, 9.17) is 5.73 Å². The van der Waals surface area contributed by atoms with Crippen LogP contribution >= 0.6 is 0 Å². The van der Waals surface area contributed by atoms with Crippen LogP contribution in [-0.4, -0.2) is 33.3 Å². The van der Waals surface area contributed by atoms with Gasteiger partial charge < -0.3 is 5.73 Å². The first-order valence-corrected chi connectivity index (χ1v) is 8.12. The molecule has 114 valence electrons. The number of hydrogen-bond donors (Lipinski definition) is 1. The second-order valence-electron chi connectivity index (χ2n) is 6.16. The van der Waals surface area contributed by atoms with Crippen LogP contribution in [0, 0.1) is 0 Å². The minimum atomic E-state index is 0.229. The maximum atomic E-state index is 6.16. The van der Waals surface area contributed by atoms with Crippen molar-refractivity contribution in [2.75, 3.05) is 13.1 Å². The Kier molecular flexibility index (Phi) is 5.22. The molecule has 4 nitrogen and oxygen atoms in total. The lowest BCUT2D eigenvalue weighted by Gasteiger charge is -2.40. The first-order valence-electron chi connectivity index (χ1n) is 8.12. The maximum absolute atomic E-state index is 6.16. The molecule has 1 aromatic rings. The fraction of sp³-hybridized carbons (Fsp3) is 0.812. The van der Waals surface area contributed by atoms with Gasteiger partial charge in [-0.05, 0) is 38.3 Å². The minimum absolute atomic E-state index is 0.229. The van der Waals surface area contributed by atoms with Gasteiger partial charge in [-0.25, -0.2) is 0 Å². The number of aromatic nitrogens is 2. The van der Waals surface area contributed by atoms with Crippen molar-refractivity contribution in [2.45, 2.75) is 64.5 Å². The van der Waals surface area contributed by atoms with Crippen molar-refractivity contribution in [3.63, 3.8) is 0 Å². The Balaban J connectivity index is 2.17. The zero-order chi connectivity index (χ0) is 14.6. The Morgan fingerprint density at radius 1 is 1.35 bits per heavy atom. The van der Waals surface area contributed by atoms with Crippen molar-refractivity contribution in [3.05, 3.63) is 17.5 Å². The smallest absolute Gasteiger partial charge is 0.0625 e. The summed E-state index contributed by atoms with van der Waals surface area (Å²) in [6.45, 7) is 7.31. The van der Waals surface area contributed by atoms with E-state index in [9.17, 15) is 0 Å². The highest BCUT2D eigenvalue weighted by molar-refractivity contribution is 5.11. The summed E-state index contributed by atoms with van der Waals surface area (Å²) in [4.78, 5) is 2.62. The van der Waals surface area contributed by atoms with Crippen LogP contribution in [0.3, 0.4) is 0 Å². The van der Waals surface area contributed by atoms with Gasteiger partial charge in [-0.1, -0.05) is 26.7 Å². The van der Waals surface area contributed by atoms with E-state index in [-0.39, 0.29) is 5.54 Å². The van der Waals surface area contributed by atoms with Gasteiger partial charge in [0.25, 0.3) is 0 Å². The highest BCUT2D eigenvalue weighted by Crippen LogP contribution is 2.35. The van der Waals surface area contributed by atoms with E-state index in [0.717, 1.165) is 26.1 Å². The molecule has 0 spiro atoms. The molecule has 1 fully saturated rings. The first kappa shape index (κ1) is 15.5. The first-order chi connectivity index (χ1) is 9.65. The van der Waals surface area contributed by atoms with Gasteiger partial charge in [0.05, 0.1) is 11.4 Å². The third kappa shape index (κ3) is 3.07. The number of nitrogens with two attached hydrogens (primary N) is 1. The summed E-state index contributed by atoms with van der Waals surface area (Å²) in [5, 5.41) is 4.58. The Morgan fingerprint density at radius 3 is 2.55 bits per heavy atom. The van der Waals surface area contributed by atoms with Gasteiger partial charge in [0.15, 0.2) is 0 Å². The molecule has 0 aliphatic heterocycles. The lowest BCUT2D eigenvalue weighted by atomic mass is 9.94. The van der Waals surface area contributed by atoms with Gasteiger partial charge in [-0.3, -0.25) is 9.58 Å². The fourth-order valence-corrected chi connectivity index (χ4v) is 3.52. The summed E-state index contributed by atoms with van der Waals surface area (Å²) >= 11 is 0. The molecule has 0 aromatic carbocycles. The summed E-state index contributed by atoms with van der Waals surface area (Å²) in [7, 11) is 2.06. The van der Waals surface area contributed by atoms with Crippen molar-refractivity contribution >= 4 is 0 Å². The molecule has 1 saturated carbocycles. The van der Waals surface area contributed by atoms with Crippen molar-refractivity contribution < 1.29 is 0 Å². The molecule has 0 atom stereocenters. The molecule has 2 N–H and O–H groups in total. The number of rotatable bonds is 7. The third-order valence-electron chi connectivity index (χ3n) is 4.82. The van der Waals surface area contributed by atoms with Gasteiger partial charge in [0.2, 0.25) is 0 Å². The van der Waals surface area contributed by atoms with Crippen molar-refractivity contribution in [1.29, 1.82) is 0 Å². The van der Waals surface area contributed by atoms with Crippen molar-refractivity contribution in [1.82, 2.24) is 14.7 Å². The monoisotopic (exact) mass is 278 g/mol. The summed E-state index contributed by atoms with van der Waals surface area (Å²) < 4.78 is 2.04. The van der Waals surface area contributed by atoms with Crippen LogP contribution in [0.4, 0.5) is 0 Å². The van der Waals surface area contributed by atoms with E-state index in [1.807, 2.05) is 4.68 Å². The molecular formula is C16H30N4. The van der Waals surface area contributed by atoms with Gasteiger partial charge in [-0.15, -0.1) is 0 Å². The molecule has 1 aliphatic rings. The number of aryl methyl sites for hydroxylation is 2. The second kappa shape index (κ2) is 6.72. The second-order valence-corrected chi connectivity index (χ2v) is 6.16. The zero-order valence-corrected chi connectivity index (χ0v) is 13.4. The molecule has 4 heteroatoms. The molecule has 2 rings (SSSR count). The van der Waals surface area contributed by atoms with Gasteiger partial charge in [-0.2, -0.15) is 5.10 Å². The highest BCUT2D eigenvalue weighted by atomic mass is 15.3. The quantitative estimate of drug-likeness (QED) is 0.833. The van der Waals surface area contributed by atoms with E-state index in [0.29, 0.717) is 0 Å². The number of nitrogens with zero attached hydrogens (tertiary/aromatic N) is 3. The highest BCUT2D eigenvalue weighted by Gasteiger charge is 2.38. The van der Waals surface area contributed by atoms with E-state index < -0.39 is 0 Å². The summed E-state index contributed by atoms with van der Waals surface area (Å²) in [6.07, 6.45) is 7.33. The topological polar surface area (TPSA) is 47.1 Å². The Bertz CT molecular complexity index is 418. The van der Waals surface area contributed by atoms with Gasteiger partial charge in [0.1, 0.15) is 0 Å². The molecule has 0 amide bonds. The largest absolute Gasteiger partial charge is 0.329 e. The lowest BCUT2D eigenvalue weighted by molar-refractivity contribution is 0.0876. The van der Waals surface area contributed by atoms with Crippen LogP contribution in [0.15, 0.2) is 6.07 Å². The van der Waals surface area contributed by atoms with Crippen molar-refractivity contribution in [3.8, 4) is 0 Å². The van der Waals surface area contributed by atoms with Crippen LogP contribution in [0.1, 0.15) is 57.3 Å². The summed E-state index contributed by atoms with van der Waals surface area (Å²) in [5.41, 5.74) is 8.89. The van der Waals surface area contributed by atoms with Crippen LogP contribution < -0.4 is 5.73 Å². The molecule has 1 aliphatic carbocycles. The van der Waals surface area contributed by atoms with Gasteiger partial charge in [0, 0.05) is 25.7 Å². The molecular weight excluding hydrogens is 248 g/mol. The molecule has 0 bridgehead atoms. The number of hydrogen-bond acceptors (Lipinski definition) is 3. The summed E-state index contributed by atoms with van der Waals surface area (Å²) in [6, 6.07) is 2.25. The predicted octanol–water partition coefficient (Wildman–Crippen LogP) is 2.47.